The second-order valence-corrected chi connectivity index (χ2v) is 8.39. The minimum atomic E-state index is -3.00. The average Bonchev–Trinajstić information content (AvgIpc) is 3.00. The number of thioether (sulfide) groups is 1. The van der Waals surface area contributed by atoms with Gasteiger partial charge >= 0.3 is 0 Å². The molecule has 0 aromatic heterocycles. The molecule has 1 N–H and O–H groups in total. The maximum atomic E-state index is 11.8. The molecular formula is C12H12N2O4S2. The molecule has 0 bridgehead atoms. The molecule has 0 unspecified atom stereocenters. The first-order chi connectivity index (χ1) is 9.53. The molecule has 0 saturated carbocycles. The van der Waals surface area contributed by atoms with Gasteiger partial charge in [-0.15, -0.1) is 0 Å². The molecular weight excluding hydrogens is 300 g/mol. The normalized spacial score (nSPS) is 29.8. The van der Waals surface area contributed by atoms with Crippen LogP contribution in [0.3, 0.4) is 0 Å². The summed E-state index contributed by atoms with van der Waals surface area (Å²) in [6.07, 6.45) is 0. The summed E-state index contributed by atoms with van der Waals surface area (Å²) >= 11 is 1.33. The molecule has 1 aromatic carbocycles. The Kier molecular flexibility index (Phi) is 2.50. The molecule has 106 valence electrons. The molecule has 2 atom stereocenters. The van der Waals surface area contributed by atoms with Crippen LogP contribution in [0.1, 0.15) is 0 Å². The number of nitrogens with one attached hydrogen (secondary N) is 1. The van der Waals surface area contributed by atoms with E-state index in [0.717, 1.165) is 5.69 Å². The quantitative estimate of drug-likeness (QED) is 0.835. The summed E-state index contributed by atoms with van der Waals surface area (Å²) < 4.78 is 34.1. The lowest BCUT2D eigenvalue weighted by atomic mass is 10.2. The molecule has 20 heavy (non-hydrogen) atoms. The number of sulfone groups is 1. The predicted molar refractivity (Wildman–Crippen MR) is 76.6 cm³/mol. The van der Waals surface area contributed by atoms with Gasteiger partial charge in [0.15, 0.2) is 26.5 Å². The Balaban J connectivity index is 1.72. The van der Waals surface area contributed by atoms with Gasteiger partial charge in [0.25, 0.3) is 0 Å². The first kappa shape index (κ1) is 12.3. The molecule has 3 aliphatic heterocycles. The van der Waals surface area contributed by atoms with Crippen LogP contribution < -0.4 is 14.4 Å². The van der Waals surface area contributed by atoms with Crippen LogP contribution in [0.15, 0.2) is 18.2 Å². The van der Waals surface area contributed by atoms with E-state index >= 15 is 0 Å². The predicted octanol–water partition coefficient (Wildman–Crippen LogP) is 1.07. The second-order valence-electron chi connectivity index (χ2n) is 5.01. The summed E-state index contributed by atoms with van der Waals surface area (Å²) in [4.78, 5) is 1.79. The van der Waals surface area contributed by atoms with E-state index in [1.807, 2.05) is 12.1 Å². The first-order valence-corrected chi connectivity index (χ1v) is 8.88. The molecule has 2 fully saturated rings. The van der Waals surface area contributed by atoms with Crippen LogP contribution in [0.4, 0.5) is 5.69 Å². The van der Waals surface area contributed by atoms with Crippen molar-refractivity contribution in [2.24, 2.45) is 0 Å². The fraction of sp³-hybridized carbons (Fsp3) is 0.417. The Morgan fingerprint density at radius 1 is 1.25 bits per heavy atom. The number of rotatable bonds is 1. The smallest absolute Gasteiger partial charge is 0.231 e. The highest BCUT2D eigenvalue weighted by Crippen LogP contribution is 2.43. The highest BCUT2D eigenvalue weighted by atomic mass is 32.2. The van der Waals surface area contributed by atoms with Gasteiger partial charge in [-0.05, 0) is 12.1 Å². The number of nitrogens with zero attached hydrogens (tertiary/aromatic N) is 1. The van der Waals surface area contributed by atoms with E-state index < -0.39 is 9.84 Å². The molecule has 0 spiro atoms. The topological polar surface area (TPSA) is 79.7 Å². The van der Waals surface area contributed by atoms with E-state index in [1.165, 1.54) is 11.8 Å². The van der Waals surface area contributed by atoms with Gasteiger partial charge in [-0.2, -0.15) is 0 Å². The second kappa shape index (κ2) is 4.05. The molecule has 2 saturated heterocycles. The summed E-state index contributed by atoms with van der Waals surface area (Å²) in [7, 11) is -3.00. The van der Waals surface area contributed by atoms with Crippen molar-refractivity contribution in [3.8, 4) is 11.5 Å². The molecule has 0 radical (unpaired) electrons. The number of hydrogen-bond acceptors (Lipinski definition) is 6. The van der Waals surface area contributed by atoms with Crippen molar-refractivity contribution < 1.29 is 17.9 Å². The standard InChI is InChI=1S/C12H12N2O4S2/c13-12-14(8-4-20(15,16)5-11(8)19-12)7-1-2-9-10(3-7)18-6-17-9/h1-3,8,11,13H,4-6H2/t8-,11-/m1/s1. The zero-order chi connectivity index (χ0) is 13.9. The monoisotopic (exact) mass is 312 g/mol. The van der Waals surface area contributed by atoms with Crippen LogP contribution in [0, 0.1) is 5.41 Å². The van der Waals surface area contributed by atoms with E-state index in [9.17, 15) is 8.42 Å². The summed E-state index contributed by atoms with van der Waals surface area (Å²) in [6, 6.07) is 5.30. The Morgan fingerprint density at radius 2 is 2.05 bits per heavy atom. The maximum absolute atomic E-state index is 11.8. The average molecular weight is 312 g/mol. The van der Waals surface area contributed by atoms with Crippen molar-refractivity contribution in [3.63, 3.8) is 0 Å². The lowest BCUT2D eigenvalue weighted by Gasteiger charge is -2.24. The number of hydrogen-bond donors (Lipinski definition) is 1. The largest absolute Gasteiger partial charge is 0.454 e. The minimum absolute atomic E-state index is 0.0436. The van der Waals surface area contributed by atoms with Gasteiger partial charge in [0.1, 0.15) is 0 Å². The van der Waals surface area contributed by atoms with Gasteiger partial charge in [-0.3, -0.25) is 5.41 Å². The van der Waals surface area contributed by atoms with E-state index in [4.69, 9.17) is 14.9 Å². The Bertz CT molecular complexity index is 703. The van der Waals surface area contributed by atoms with Gasteiger partial charge in [0, 0.05) is 17.0 Å². The number of ether oxygens (including phenoxy) is 2. The number of benzene rings is 1. The lowest BCUT2D eigenvalue weighted by Crippen LogP contribution is -2.37. The van der Waals surface area contributed by atoms with E-state index in [-0.39, 0.29) is 29.6 Å². The van der Waals surface area contributed by atoms with Gasteiger partial charge in [-0.1, -0.05) is 11.8 Å². The van der Waals surface area contributed by atoms with Crippen molar-refractivity contribution >= 4 is 32.5 Å². The number of fused-ring (bicyclic) bond motifs is 2. The third kappa shape index (κ3) is 1.78. The first-order valence-electron chi connectivity index (χ1n) is 6.18. The van der Waals surface area contributed by atoms with Crippen LogP contribution in [0.2, 0.25) is 0 Å². The minimum Gasteiger partial charge on any atom is -0.454 e. The van der Waals surface area contributed by atoms with Crippen molar-refractivity contribution in [1.29, 1.82) is 5.41 Å². The fourth-order valence-electron chi connectivity index (χ4n) is 2.84. The molecule has 8 heteroatoms. The fourth-order valence-corrected chi connectivity index (χ4v) is 6.64. The third-order valence-electron chi connectivity index (χ3n) is 3.72. The molecule has 3 aliphatic rings. The molecule has 1 aromatic rings. The van der Waals surface area contributed by atoms with Gasteiger partial charge in [0.2, 0.25) is 6.79 Å². The Labute approximate surface area is 120 Å². The number of amidine groups is 1. The SMILES string of the molecule is N=C1S[C@@H]2CS(=O)(=O)C[C@H]2N1c1ccc2c(c1)OCO2. The van der Waals surface area contributed by atoms with Gasteiger partial charge < -0.3 is 14.4 Å². The van der Waals surface area contributed by atoms with Gasteiger partial charge in [0.05, 0.1) is 17.5 Å². The van der Waals surface area contributed by atoms with E-state index in [0.29, 0.717) is 16.7 Å². The molecule has 4 rings (SSSR count). The molecule has 0 aliphatic carbocycles. The van der Waals surface area contributed by atoms with Crippen molar-refractivity contribution in [1.82, 2.24) is 0 Å². The molecule has 0 amide bonds. The highest BCUT2D eigenvalue weighted by molar-refractivity contribution is 8.15. The number of anilines is 1. The van der Waals surface area contributed by atoms with Crippen LogP contribution in [0.25, 0.3) is 0 Å². The third-order valence-corrected chi connectivity index (χ3v) is 6.85. The summed E-state index contributed by atoms with van der Waals surface area (Å²) in [5, 5.41) is 8.44. The van der Waals surface area contributed by atoms with Crippen molar-refractivity contribution in [2.45, 2.75) is 11.3 Å². The maximum Gasteiger partial charge on any atom is 0.231 e. The highest BCUT2D eigenvalue weighted by Gasteiger charge is 2.48. The van der Waals surface area contributed by atoms with E-state index in [1.54, 1.807) is 11.0 Å². The van der Waals surface area contributed by atoms with Crippen LogP contribution in [0.5, 0.6) is 11.5 Å². The summed E-state index contributed by atoms with van der Waals surface area (Å²) in [5.74, 6) is 1.60. The zero-order valence-electron chi connectivity index (χ0n) is 10.4. The molecule has 6 nitrogen and oxygen atoms in total. The van der Waals surface area contributed by atoms with Crippen molar-refractivity contribution in [2.75, 3.05) is 23.2 Å². The van der Waals surface area contributed by atoms with Crippen LogP contribution in [-0.4, -0.2) is 43.2 Å². The van der Waals surface area contributed by atoms with Crippen molar-refractivity contribution in [3.05, 3.63) is 18.2 Å². The van der Waals surface area contributed by atoms with Gasteiger partial charge in [-0.25, -0.2) is 8.42 Å². The molecule has 3 heterocycles. The summed E-state index contributed by atoms with van der Waals surface area (Å²) in [6.45, 7) is 0.200. The Hall–Kier alpha value is -1.41. The van der Waals surface area contributed by atoms with Crippen LogP contribution in [-0.2, 0) is 9.84 Å². The van der Waals surface area contributed by atoms with Crippen LogP contribution >= 0.6 is 11.8 Å². The lowest BCUT2D eigenvalue weighted by molar-refractivity contribution is 0.174. The summed E-state index contributed by atoms with van der Waals surface area (Å²) in [5.41, 5.74) is 0.788. The zero-order valence-corrected chi connectivity index (χ0v) is 12.0. The van der Waals surface area contributed by atoms with E-state index in [2.05, 4.69) is 0 Å². The Morgan fingerprint density at radius 3 is 2.90 bits per heavy atom.